The van der Waals surface area contributed by atoms with Gasteiger partial charge in [0.15, 0.2) is 0 Å². The molecule has 11 heteroatoms. The highest BCUT2D eigenvalue weighted by molar-refractivity contribution is 7.79. The van der Waals surface area contributed by atoms with E-state index in [4.69, 9.17) is 4.74 Å². The fourth-order valence-electron chi connectivity index (χ4n) is 1.70. The Hall–Kier alpha value is -1.62. The minimum Gasteiger partial charge on any atom is -0.768 e. The van der Waals surface area contributed by atoms with E-state index in [1.54, 1.807) is 5.32 Å². The van der Waals surface area contributed by atoms with E-state index in [2.05, 4.69) is 5.10 Å². The van der Waals surface area contributed by atoms with Gasteiger partial charge in [0.05, 0.1) is 19.3 Å². The quantitative estimate of drug-likeness (QED) is 0.780. The molecule has 2 unspecified atom stereocenters. The Kier molecular flexibility index (Phi) is 3.99. The van der Waals surface area contributed by atoms with E-state index in [0.717, 1.165) is 6.20 Å². The lowest BCUT2D eigenvalue weighted by Gasteiger charge is -2.25. The van der Waals surface area contributed by atoms with Crippen LogP contribution in [0.3, 0.4) is 0 Å². The molecule has 1 N–H and O–H groups in total. The number of rotatable bonds is 3. The lowest BCUT2D eigenvalue weighted by Crippen LogP contribution is -2.42. The molecule has 2 rings (SSSR count). The molecule has 1 aromatic rings. The van der Waals surface area contributed by atoms with Gasteiger partial charge in [0.25, 0.3) is 0 Å². The molecule has 1 aromatic heterocycles. The van der Waals surface area contributed by atoms with Gasteiger partial charge in [-0.3, -0.25) is 9.00 Å². The van der Waals surface area contributed by atoms with E-state index < -0.39 is 29.1 Å². The predicted molar refractivity (Wildman–Crippen MR) is 57.5 cm³/mol. The zero-order valence-corrected chi connectivity index (χ0v) is 10.7. The minimum absolute atomic E-state index is 0.00592. The van der Waals surface area contributed by atoms with Crippen LogP contribution in [0.2, 0.25) is 0 Å². The maximum absolute atomic E-state index is 12.0. The van der Waals surface area contributed by atoms with Crippen LogP contribution in [-0.2, 0) is 22.4 Å². The van der Waals surface area contributed by atoms with Crippen molar-refractivity contribution < 1.29 is 31.5 Å². The second-order valence-electron chi connectivity index (χ2n) is 4.12. The van der Waals surface area contributed by atoms with Crippen molar-refractivity contribution in [3.63, 3.8) is 0 Å². The second kappa shape index (κ2) is 5.40. The summed E-state index contributed by atoms with van der Waals surface area (Å²) in [6, 6.07) is 0. The van der Waals surface area contributed by atoms with Crippen molar-refractivity contribution >= 4 is 17.0 Å². The third kappa shape index (κ3) is 3.10. The van der Waals surface area contributed by atoms with Crippen molar-refractivity contribution in [1.82, 2.24) is 15.1 Å². The highest BCUT2D eigenvalue weighted by Gasteiger charge is 2.39. The molecule has 1 aliphatic heterocycles. The summed E-state index contributed by atoms with van der Waals surface area (Å²) in [5.74, 6) is -2.40. The zero-order chi connectivity index (χ0) is 14.9. The van der Waals surface area contributed by atoms with E-state index in [1.165, 1.54) is 4.68 Å². The van der Waals surface area contributed by atoms with Gasteiger partial charge in [0.1, 0.15) is 4.90 Å². The number of aromatic nitrogens is 2. The Morgan fingerprint density at radius 2 is 2.35 bits per heavy atom. The number of amides is 1. The number of alkyl halides is 3. The highest BCUT2D eigenvalue weighted by Crippen LogP contribution is 2.26. The van der Waals surface area contributed by atoms with Crippen LogP contribution in [0, 0.1) is 5.92 Å². The lowest BCUT2D eigenvalue weighted by atomic mass is 10.1. The average molecular weight is 312 g/mol. The number of nitrogens with zero attached hydrogens (tertiary/aromatic N) is 2. The first-order valence-electron chi connectivity index (χ1n) is 5.42. The smallest absolute Gasteiger partial charge is 0.471 e. The van der Waals surface area contributed by atoms with Crippen LogP contribution in [0.4, 0.5) is 13.2 Å². The molecule has 2 atom stereocenters. The van der Waals surface area contributed by atoms with Gasteiger partial charge in [-0.25, -0.2) is 4.68 Å². The molecule has 0 aromatic carbocycles. The van der Waals surface area contributed by atoms with Crippen molar-refractivity contribution in [1.29, 1.82) is 0 Å². The minimum atomic E-state index is -4.93. The number of halogens is 3. The number of carbonyl (C=O) groups excluding carboxylic acids is 1. The van der Waals surface area contributed by atoms with Gasteiger partial charge >= 0.3 is 12.1 Å². The van der Waals surface area contributed by atoms with Crippen LogP contribution in [0.5, 0.6) is 5.88 Å². The van der Waals surface area contributed by atoms with Crippen molar-refractivity contribution in [3.8, 4) is 5.88 Å². The van der Waals surface area contributed by atoms with Crippen molar-refractivity contribution in [3.05, 3.63) is 6.20 Å². The number of fused-ring (bicyclic) bond motifs is 1. The molecule has 112 valence electrons. The van der Waals surface area contributed by atoms with E-state index in [0.29, 0.717) is 0 Å². The first-order chi connectivity index (χ1) is 9.29. The molecule has 1 aliphatic rings. The third-order valence-electron chi connectivity index (χ3n) is 2.63. The van der Waals surface area contributed by atoms with Gasteiger partial charge in [-0.05, 0) is 11.1 Å². The molecular formula is C9H9F3N3O4S-. The summed E-state index contributed by atoms with van der Waals surface area (Å²) in [6.07, 6.45) is -3.84. The predicted octanol–water partition coefficient (Wildman–Crippen LogP) is -0.192. The fourth-order valence-corrected chi connectivity index (χ4v) is 2.14. The van der Waals surface area contributed by atoms with Crippen LogP contribution in [0.1, 0.15) is 0 Å². The maximum atomic E-state index is 12.0. The van der Waals surface area contributed by atoms with Gasteiger partial charge in [-0.2, -0.15) is 18.3 Å². The molecule has 7 nitrogen and oxygen atoms in total. The van der Waals surface area contributed by atoms with Crippen molar-refractivity contribution in [2.75, 3.05) is 13.2 Å². The summed E-state index contributed by atoms with van der Waals surface area (Å²) in [6.45, 7) is -0.0911. The second-order valence-corrected chi connectivity index (χ2v) is 5.02. The first kappa shape index (κ1) is 14.8. The summed E-state index contributed by atoms with van der Waals surface area (Å²) in [4.78, 5) is 10.6. The average Bonchev–Trinajstić information content (AvgIpc) is 2.77. The Morgan fingerprint density at radius 1 is 1.65 bits per heavy atom. The third-order valence-corrected chi connectivity index (χ3v) is 3.27. The molecule has 20 heavy (non-hydrogen) atoms. The molecule has 0 aliphatic carbocycles. The standard InChI is InChI=1S/C9H10F3N3O4S/c10-9(11,12)8(16)13-1-5-3-15-7(19-4-5)6(2-14-15)20(17)18/h2,5H,1,3-4H2,(H,13,16)(H,17,18)/p-1. The van der Waals surface area contributed by atoms with Gasteiger partial charge < -0.3 is 14.6 Å². The summed E-state index contributed by atoms with van der Waals surface area (Å²) < 4.78 is 64.1. The van der Waals surface area contributed by atoms with Gasteiger partial charge in [0, 0.05) is 12.5 Å². The van der Waals surface area contributed by atoms with Crippen LogP contribution in [0.15, 0.2) is 11.1 Å². The molecule has 0 saturated heterocycles. The van der Waals surface area contributed by atoms with E-state index in [1.807, 2.05) is 0 Å². The number of nitrogens with one attached hydrogen (secondary N) is 1. The summed E-state index contributed by atoms with van der Waals surface area (Å²) in [5.41, 5.74) is 0. The van der Waals surface area contributed by atoms with Crippen LogP contribution < -0.4 is 10.1 Å². The van der Waals surface area contributed by atoms with E-state index >= 15 is 0 Å². The molecule has 0 fully saturated rings. The molecule has 0 saturated carbocycles. The highest BCUT2D eigenvalue weighted by atomic mass is 32.2. The summed E-state index contributed by atoms with van der Waals surface area (Å²) in [5, 5.41) is 5.51. The van der Waals surface area contributed by atoms with E-state index in [-0.39, 0.29) is 30.5 Å². The van der Waals surface area contributed by atoms with Crippen LogP contribution in [-0.4, -0.2) is 43.8 Å². The molecule has 1 amide bonds. The number of hydrogen-bond acceptors (Lipinski definition) is 5. The monoisotopic (exact) mass is 312 g/mol. The molecule has 0 radical (unpaired) electrons. The number of hydrogen-bond donors (Lipinski definition) is 1. The summed E-state index contributed by atoms with van der Waals surface area (Å²) in [7, 11) is 0. The summed E-state index contributed by atoms with van der Waals surface area (Å²) >= 11 is -2.50. The molecule has 0 spiro atoms. The SMILES string of the molecule is O=C(NCC1COc2c(S(=O)[O-])cnn2C1)C(F)(F)F. The topological polar surface area (TPSA) is 96.3 Å². The molecule has 2 heterocycles. The Morgan fingerprint density at radius 3 is 2.95 bits per heavy atom. The van der Waals surface area contributed by atoms with Crippen LogP contribution >= 0.6 is 0 Å². The molecular weight excluding hydrogens is 303 g/mol. The maximum Gasteiger partial charge on any atom is 0.471 e. The zero-order valence-electron chi connectivity index (χ0n) is 9.85. The molecule has 0 bridgehead atoms. The number of ether oxygens (including phenoxy) is 1. The number of carbonyl (C=O) groups is 1. The lowest BCUT2D eigenvalue weighted by molar-refractivity contribution is -0.173. The fraction of sp³-hybridized carbons (Fsp3) is 0.556. The van der Waals surface area contributed by atoms with Crippen molar-refractivity contribution in [2.24, 2.45) is 5.92 Å². The Bertz CT molecular complexity index is 545. The largest absolute Gasteiger partial charge is 0.768 e. The Balaban J connectivity index is 1.95. The van der Waals surface area contributed by atoms with Gasteiger partial charge in [0.2, 0.25) is 5.88 Å². The van der Waals surface area contributed by atoms with Gasteiger partial charge in [-0.15, -0.1) is 0 Å². The Labute approximate surface area is 113 Å². The normalized spacial score (nSPS) is 19.9. The van der Waals surface area contributed by atoms with Crippen molar-refractivity contribution in [2.45, 2.75) is 17.6 Å². The van der Waals surface area contributed by atoms with Crippen LogP contribution in [0.25, 0.3) is 0 Å². The van der Waals surface area contributed by atoms with E-state index in [9.17, 15) is 26.7 Å². The first-order valence-corrected chi connectivity index (χ1v) is 6.49. The van der Waals surface area contributed by atoms with Gasteiger partial charge in [-0.1, -0.05) is 0 Å².